The van der Waals surface area contributed by atoms with Gasteiger partial charge in [0, 0.05) is 11.6 Å². The van der Waals surface area contributed by atoms with Crippen molar-refractivity contribution in [2.75, 3.05) is 14.2 Å². The molecule has 0 N–H and O–H groups in total. The Morgan fingerprint density at radius 2 is 1.64 bits per heavy atom. The van der Waals surface area contributed by atoms with Crippen LogP contribution in [0.15, 0.2) is 75.9 Å². The third-order valence-electron chi connectivity index (χ3n) is 5.16. The Bertz CT molecular complexity index is 1460. The molecule has 0 aliphatic carbocycles. The van der Waals surface area contributed by atoms with Gasteiger partial charge in [-0.3, -0.25) is 4.79 Å². The minimum absolute atomic E-state index is 0.0780. The van der Waals surface area contributed by atoms with E-state index in [9.17, 15) is 22.8 Å². The molecule has 3 aromatic carbocycles. The van der Waals surface area contributed by atoms with Gasteiger partial charge in [0.1, 0.15) is 29.4 Å². The van der Waals surface area contributed by atoms with Gasteiger partial charge < -0.3 is 23.4 Å². The molecule has 10 heteroatoms. The molecule has 0 bridgehead atoms. The number of para-hydroxylation sites is 1. The Morgan fingerprint density at radius 1 is 0.944 bits per heavy atom. The summed E-state index contributed by atoms with van der Waals surface area (Å²) in [6, 6.07) is 16.1. The van der Waals surface area contributed by atoms with Crippen molar-refractivity contribution in [3.63, 3.8) is 0 Å². The number of alkyl halides is 3. The first-order valence-electron chi connectivity index (χ1n) is 10.5. The predicted molar refractivity (Wildman–Crippen MR) is 123 cm³/mol. The van der Waals surface area contributed by atoms with E-state index in [1.54, 1.807) is 24.3 Å². The van der Waals surface area contributed by atoms with E-state index in [1.165, 1.54) is 56.7 Å². The molecule has 1 aromatic heterocycles. The molecule has 0 aliphatic heterocycles. The summed E-state index contributed by atoms with van der Waals surface area (Å²) in [7, 11) is 2.70. The zero-order valence-corrected chi connectivity index (χ0v) is 19.0. The first kappa shape index (κ1) is 24.6. The summed E-state index contributed by atoms with van der Waals surface area (Å²) in [6.45, 7) is 0.0780. The number of carbonyl (C=O) groups is 1. The number of ether oxygens (including phenoxy) is 4. The molecule has 0 atom stereocenters. The Kier molecular flexibility index (Phi) is 6.86. The fourth-order valence-electron chi connectivity index (χ4n) is 3.40. The number of benzene rings is 3. The van der Waals surface area contributed by atoms with E-state index in [0.717, 1.165) is 5.56 Å². The quantitative estimate of drug-likeness (QED) is 0.289. The molecule has 0 amide bonds. The number of methoxy groups -OCH3 is 2. The number of halogens is 3. The summed E-state index contributed by atoms with van der Waals surface area (Å²) in [6.07, 6.45) is -5.02. The Balaban J connectivity index is 1.68. The third kappa shape index (κ3) is 5.12. The van der Waals surface area contributed by atoms with Gasteiger partial charge in [0.05, 0.1) is 25.2 Å². The molecule has 36 heavy (non-hydrogen) atoms. The SMILES string of the molecule is COC(=O)c1ccc(Oc2c(C(F)(F)F)oc3cc(OCc4ccccc4OC)ccc3c2=O)cc1. The van der Waals surface area contributed by atoms with Crippen molar-refractivity contribution in [1.82, 2.24) is 0 Å². The summed E-state index contributed by atoms with van der Waals surface area (Å²) in [4.78, 5) is 24.5. The molecule has 186 valence electrons. The van der Waals surface area contributed by atoms with Gasteiger partial charge in [-0.1, -0.05) is 18.2 Å². The largest absolute Gasteiger partial charge is 0.496 e. The van der Waals surface area contributed by atoms with Crippen molar-refractivity contribution in [3.8, 4) is 23.0 Å². The maximum Gasteiger partial charge on any atom is 0.453 e. The van der Waals surface area contributed by atoms with Gasteiger partial charge in [-0.25, -0.2) is 4.79 Å². The summed E-state index contributed by atoms with van der Waals surface area (Å²) < 4.78 is 67.3. The van der Waals surface area contributed by atoms with Crippen LogP contribution in [0.2, 0.25) is 0 Å². The van der Waals surface area contributed by atoms with E-state index < -0.39 is 29.1 Å². The number of hydrogen-bond donors (Lipinski definition) is 0. The van der Waals surface area contributed by atoms with Gasteiger partial charge in [-0.05, 0) is 42.5 Å². The lowest BCUT2D eigenvalue weighted by atomic mass is 10.2. The van der Waals surface area contributed by atoms with Crippen molar-refractivity contribution in [2.45, 2.75) is 12.8 Å². The monoisotopic (exact) mass is 500 g/mol. The highest BCUT2D eigenvalue weighted by molar-refractivity contribution is 5.89. The van der Waals surface area contributed by atoms with Crippen LogP contribution in [0.25, 0.3) is 11.0 Å². The van der Waals surface area contributed by atoms with Crippen LogP contribution in [0.5, 0.6) is 23.0 Å². The maximum atomic E-state index is 13.8. The number of esters is 1. The molecule has 0 saturated carbocycles. The molecule has 0 radical (unpaired) electrons. The minimum atomic E-state index is -5.02. The highest BCUT2D eigenvalue weighted by atomic mass is 19.4. The van der Waals surface area contributed by atoms with Crippen LogP contribution in [0.1, 0.15) is 21.7 Å². The molecular formula is C26H19F3O7. The smallest absolute Gasteiger partial charge is 0.453 e. The molecular weight excluding hydrogens is 481 g/mol. The summed E-state index contributed by atoms with van der Waals surface area (Å²) in [5, 5.41) is -0.131. The average Bonchev–Trinajstić information content (AvgIpc) is 2.88. The second-order valence-electron chi connectivity index (χ2n) is 7.46. The molecule has 7 nitrogen and oxygen atoms in total. The second kappa shape index (κ2) is 10.0. The van der Waals surface area contributed by atoms with Crippen molar-refractivity contribution < 1.29 is 41.3 Å². The predicted octanol–water partition coefficient (Wildman–Crippen LogP) is 5.98. The van der Waals surface area contributed by atoms with Gasteiger partial charge in [0.25, 0.3) is 5.76 Å². The van der Waals surface area contributed by atoms with Crippen LogP contribution in [-0.4, -0.2) is 20.2 Å². The first-order valence-corrected chi connectivity index (χ1v) is 10.5. The first-order chi connectivity index (χ1) is 17.2. The van der Waals surface area contributed by atoms with E-state index >= 15 is 0 Å². The highest BCUT2D eigenvalue weighted by Crippen LogP contribution is 2.38. The van der Waals surface area contributed by atoms with Gasteiger partial charge >= 0.3 is 12.1 Å². The van der Waals surface area contributed by atoms with Crippen LogP contribution < -0.4 is 19.6 Å². The molecule has 0 unspecified atom stereocenters. The molecule has 0 saturated heterocycles. The summed E-state index contributed by atoms with van der Waals surface area (Å²) in [5.74, 6) is -2.58. The minimum Gasteiger partial charge on any atom is -0.496 e. The standard InChI is InChI=1S/C26H19F3O7/c1-32-20-6-4-3-5-16(20)14-34-18-11-12-19-21(13-18)36-24(26(27,28)29)23(22(19)30)35-17-9-7-15(8-10-17)25(31)33-2/h3-13H,14H2,1-2H3. The van der Waals surface area contributed by atoms with Crippen molar-refractivity contribution in [2.24, 2.45) is 0 Å². The van der Waals surface area contributed by atoms with E-state index in [4.69, 9.17) is 18.6 Å². The van der Waals surface area contributed by atoms with Crippen LogP contribution in [-0.2, 0) is 17.5 Å². The van der Waals surface area contributed by atoms with E-state index in [2.05, 4.69) is 4.74 Å². The lowest BCUT2D eigenvalue weighted by Crippen LogP contribution is -2.15. The van der Waals surface area contributed by atoms with Crippen molar-refractivity contribution in [3.05, 3.63) is 93.8 Å². The fourth-order valence-corrected chi connectivity index (χ4v) is 3.40. The maximum absolute atomic E-state index is 13.8. The Hall–Kier alpha value is -4.47. The zero-order valence-electron chi connectivity index (χ0n) is 19.0. The third-order valence-corrected chi connectivity index (χ3v) is 5.16. The van der Waals surface area contributed by atoms with E-state index in [-0.39, 0.29) is 34.6 Å². The van der Waals surface area contributed by atoms with Gasteiger partial charge in [-0.15, -0.1) is 0 Å². The molecule has 0 aliphatic rings. The Labute approximate surface area is 202 Å². The van der Waals surface area contributed by atoms with Crippen molar-refractivity contribution in [1.29, 1.82) is 0 Å². The van der Waals surface area contributed by atoms with Gasteiger partial charge in [-0.2, -0.15) is 13.2 Å². The van der Waals surface area contributed by atoms with Crippen LogP contribution in [0, 0.1) is 0 Å². The topological polar surface area (TPSA) is 84.2 Å². The molecule has 0 spiro atoms. The molecule has 0 fully saturated rings. The number of rotatable bonds is 7. The van der Waals surface area contributed by atoms with Crippen LogP contribution >= 0.6 is 0 Å². The number of hydrogen-bond acceptors (Lipinski definition) is 7. The normalized spacial score (nSPS) is 11.2. The highest BCUT2D eigenvalue weighted by Gasteiger charge is 2.40. The Morgan fingerprint density at radius 3 is 2.31 bits per heavy atom. The second-order valence-corrected chi connectivity index (χ2v) is 7.46. The number of carbonyl (C=O) groups excluding carboxylic acids is 1. The lowest BCUT2D eigenvalue weighted by molar-refractivity contribution is -0.154. The lowest BCUT2D eigenvalue weighted by Gasteiger charge is -2.14. The van der Waals surface area contributed by atoms with E-state index in [1.807, 2.05) is 0 Å². The van der Waals surface area contributed by atoms with Crippen LogP contribution in [0.4, 0.5) is 13.2 Å². The molecule has 4 rings (SSSR count). The molecule has 4 aromatic rings. The van der Waals surface area contributed by atoms with Gasteiger partial charge in [0.2, 0.25) is 11.2 Å². The average molecular weight is 500 g/mol. The molecule has 1 heterocycles. The van der Waals surface area contributed by atoms with Gasteiger partial charge in [0.15, 0.2) is 0 Å². The van der Waals surface area contributed by atoms with Crippen LogP contribution in [0.3, 0.4) is 0 Å². The summed E-state index contributed by atoms with van der Waals surface area (Å²) >= 11 is 0. The van der Waals surface area contributed by atoms with Crippen molar-refractivity contribution >= 4 is 16.9 Å². The summed E-state index contributed by atoms with van der Waals surface area (Å²) in [5.41, 5.74) is -0.457. The number of fused-ring (bicyclic) bond motifs is 1. The van der Waals surface area contributed by atoms with E-state index in [0.29, 0.717) is 5.75 Å². The fraction of sp³-hybridized carbons (Fsp3) is 0.154. The zero-order chi connectivity index (χ0) is 25.9.